The largest absolute Gasteiger partial charge is 0.322 e. The van der Waals surface area contributed by atoms with E-state index < -0.39 is 0 Å². The molecule has 1 saturated carbocycles. The first-order valence-corrected chi connectivity index (χ1v) is 9.91. The van der Waals surface area contributed by atoms with Gasteiger partial charge >= 0.3 is 6.03 Å². The van der Waals surface area contributed by atoms with Gasteiger partial charge in [0.25, 0.3) is 0 Å². The maximum absolute atomic E-state index is 13.4. The van der Waals surface area contributed by atoms with Gasteiger partial charge in [-0.3, -0.25) is 5.10 Å². The summed E-state index contributed by atoms with van der Waals surface area (Å²) in [6, 6.07) is 4.39. The molecular formula is C19H22BrFN4O. The Morgan fingerprint density at radius 1 is 1.38 bits per heavy atom. The highest BCUT2D eigenvalue weighted by Gasteiger charge is 2.33. The van der Waals surface area contributed by atoms with Crippen molar-refractivity contribution in [3.8, 4) is 0 Å². The maximum Gasteiger partial charge on any atom is 0.322 e. The number of nitrogens with zero attached hydrogens (tertiary/aromatic N) is 2. The van der Waals surface area contributed by atoms with E-state index in [4.69, 9.17) is 0 Å². The summed E-state index contributed by atoms with van der Waals surface area (Å²) >= 11 is 3.15. The van der Waals surface area contributed by atoms with Crippen LogP contribution in [0.2, 0.25) is 0 Å². The zero-order chi connectivity index (χ0) is 18.3. The number of urea groups is 1. The van der Waals surface area contributed by atoms with Gasteiger partial charge in [0, 0.05) is 35.3 Å². The lowest BCUT2D eigenvalue weighted by atomic mass is 9.94. The standard InChI is InChI=1S/C19H22BrFN4O/c1-11-8-17-14(18(24-23-17)12-4-2-3-5-12)10-25(11)19(26)22-13-6-7-16(21)15(20)9-13/h6-7,9,11-12H,2-5,8,10H2,1H3,(H,22,26)(H,23,24)/t11-/m0/s1. The normalized spacial score (nSPS) is 20.3. The molecule has 2 aliphatic rings. The van der Waals surface area contributed by atoms with Crippen LogP contribution in [0.15, 0.2) is 22.7 Å². The summed E-state index contributed by atoms with van der Waals surface area (Å²) < 4.78 is 13.7. The number of rotatable bonds is 2. The molecule has 0 spiro atoms. The van der Waals surface area contributed by atoms with Gasteiger partial charge < -0.3 is 10.2 Å². The molecule has 26 heavy (non-hydrogen) atoms. The van der Waals surface area contributed by atoms with Crippen molar-refractivity contribution in [3.05, 3.63) is 45.4 Å². The van der Waals surface area contributed by atoms with E-state index in [0.717, 1.165) is 17.8 Å². The summed E-state index contributed by atoms with van der Waals surface area (Å²) in [5, 5.41) is 10.7. The van der Waals surface area contributed by atoms with Crippen LogP contribution in [0.25, 0.3) is 0 Å². The summed E-state index contributed by atoms with van der Waals surface area (Å²) in [4.78, 5) is 14.7. The number of H-pyrrole nitrogens is 1. The number of nitrogens with one attached hydrogen (secondary N) is 2. The number of anilines is 1. The molecule has 5 nitrogen and oxygen atoms in total. The maximum atomic E-state index is 13.4. The quantitative estimate of drug-likeness (QED) is 0.721. The number of benzene rings is 1. The van der Waals surface area contributed by atoms with Gasteiger partial charge in [-0.15, -0.1) is 0 Å². The molecule has 138 valence electrons. The second kappa shape index (κ2) is 7.02. The van der Waals surface area contributed by atoms with Gasteiger partial charge in [-0.25, -0.2) is 9.18 Å². The Bertz CT molecular complexity index is 831. The van der Waals surface area contributed by atoms with Crippen LogP contribution in [0.1, 0.15) is 55.5 Å². The molecule has 1 aromatic heterocycles. The average Bonchev–Trinajstić information content (AvgIpc) is 3.26. The molecule has 2 N–H and O–H groups in total. The van der Waals surface area contributed by atoms with E-state index in [1.807, 2.05) is 11.8 Å². The predicted octanol–water partition coefficient (Wildman–Crippen LogP) is 4.95. The third kappa shape index (κ3) is 3.24. The van der Waals surface area contributed by atoms with Crippen LogP contribution in [-0.2, 0) is 13.0 Å². The first-order valence-electron chi connectivity index (χ1n) is 9.11. The lowest BCUT2D eigenvalue weighted by Gasteiger charge is -2.33. The number of amides is 2. The van der Waals surface area contributed by atoms with Crippen LogP contribution in [0, 0.1) is 5.82 Å². The molecule has 4 rings (SSSR count). The Morgan fingerprint density at radius 2 is 2.15 bits per heavy atom. The van der Waals surface area contributed by atoms with Crippen molar-refractivity contribution in [2.75, 3.05) is 5.32 Å². The molecule has 1 fully saturated rings. The molecule has 2 heterocycles. The fourth-order valence-electron chi connectivity index (χ4n) is 4.07. The van der Waals surface area contributed by atoms with Crippen molar-refractivity contribution < 1.29 is 9.18 Å². The molecule has 2 aromatic rings. The summed E-state index contributed by atoms with van der Waals surface area (Å²) in [6.45, 7) is 2.60. The van der Waals surface area contributed by atoms with Crippen LogP contribution >= 0.6 is 15.9 Å². The third-order valence-corrected chi connectivity index (χ3v) is 6.13. The molecular weight excluding hydrogens is 399 g/mol. The Morgan fingerprint density at radius 3 is 2.88 bits per heavy atom. The number of hydrogen-bond acceptors (Lipinski definition) is 2. The molecule has 7 heteroatoms. The fraction of sp³-hybridized carbons (Fsp3) is 0.474. The van der Waals surface area contributed by atoms with Crippen molar-refractivity contribution in [2.45, 2.75) is 57.5 Å². The van der Waals surface area contributed by atoms with Gasteiger partial charge in [0.2, 0.25) is 0 Å². The van der Waals surface area contributed by atoms with E-state index in [1.54, 1.807) is 12.1 Å². The zero-order valence-electron chi connectivity index (χ0n) is 14.7. The molecule has 0 bridgehead atoms. The summed E-state index contributed by atoms with van der Waals surface area (Å²) in [6.07, 6.45) is 5.65. The Hall–Kier alpha value is -1.89. The van der Waals surface area contributed by atoms with E-state index in [2.05, 4.69) is 31.4 Å². The van der Waals surface area contributed by atoms with Crippen molar-refractivity contribution in [3.63, 3.8) is 0 Å². The van der Waals surface area contributed by atoms with Gasteiger partial charge in [-0.05, 0) is 53.9 Å². The Labute approximate surface area is 160 Å². The second-order valence-corrected chi connectivity index (χ2v) is 8.14. The first-order chi connectivity index (χ1) is 12.5. The van der Waals surface area contributed by atoms with E-state index in [9.17, 15) is 9.18 Å². The van der Waals surface area contributed by atoms with E-state index >= 15 is 0 Å². The summed E-state index contributed by atoms with van der Waals surface area (Å²) in [7, 11) is 0. The minimum atomic E-state index is -0.349. The number of aromatic nitrogens is 2. The topological polar surface area (TPSA) is 61.0 Å². The molecule has 0 unspecified atom stereocenters. The van der Waals surface area contributed by atoms with E-state index in [1.165, 1.54) is 37.3 Å². The Kier molecular flexibility index (Phi) is 4.73. The van der Waals surface area contributed by atoms with Crippen molar-refractivity contribution >= 4 is 27.6 Å². The Balaban J connectivity index is 1.53. The molecule has 2 amide bonds. The highest BCUT2D eigenvalue weighted by molar-refractivity contribution is 9.10. The molecule has 0 saturated heterocycles. The predicted molar refractivity (Wildman–Crippen MR) is 102 cm³/mol. The van der Waals surface area contributed by atoms with E-state index in [-0.39, 0.29) is 17.9 Å². The lowest BCUT2D eigenvalue weighted by molar-refractivity contribution is 0.181. The van der Waals surface area contributed by atoms with Gasteiger partial charge in [0.1, 0.15) is 5.82 Å². The lowest BCUT2D eigenvalue weighted by Crippen LogP contribution is -2.45. The highest BCUT2D eigenvalue weighted by atomic mass is 79.9. The molecule has 0 radical (unpaired) electrons. The van der Waals surface area contributed by atoms with Crippen molar-refractivity contribution in [1.82, 2.24) is 15.1 Å². The van der Waals surface area contributed by atoms with Crippen LogP contribution in [-0.4, -0.2) is 27.2 Å². The third-order valence-electron chi connectivity index (χ3n) is 5.52. The smallest absolute Gasteiger partial charge is 0.317 e. The summed E-state index contributed by atoms with van der Waals surface area (Å²) in [5.41, 5.74) is 4.06. The van der Waals surface area contributed by atoms with Gasteiger partial charge in [0.05, 0.1) is 16.7 Å². The molecule has 1 aliphatic carbocycles. The highest BCUT2D eigenvalue weighted by Crippen LogP contribution is 2.37. The monoisotopic (exact) mass is 420 g/mol. The zero-order valence-corrected chi connectivity index (χ0v) is 16.3. The number of halogens is 2. The number of aromatic amines is 1. The van der Waals surface area contributed by atoms with Gasteiger partial charge in [0.15, 0.2) is 0 Å². The van der Waals surface area contributed by atoms with E-state index in [0.29, 0.717) is 22.6 Å². The van der Waals surface area contributed by atoms with Crippen molar-refractivity contribution in [1.29, 1.82) is 0 Å². The SMILES string of the molecule is C[C@H]1Cc2[nH]nc(C3CCCC3)c2CN1C(=O)Nc1ccc(F)c(Br)c1. The molecule has 1 aromatic carbocycles. The number of hydrogen-bond donors (Lipinski definition) is 2. The van der Waals surface area contributed by atoms with Crippen molar-refractivity contribution in [2.24, 2.45) is 0 Å². The summed E-state index contributed by atoms with van der Waals surface area (Å²) in [5.74, 6) is 0.167. The van der Waals surface area contributed by atoms with Gasteiger partial charge in [-0.2, -0.15) is 5.10 Å². The van der Waals surface area contributed by atoms with Gasteiger partial charge in [-0.1, -0.05) is 12.8 Å². The van der Waals surface area contributed by atoms with Crippen LogP contribution in [0.3, 0.4) is 0 Å². The van der Waals surface area contributed by atoms with Crippen LogP contribution < -0.4 is 5.32 Å². The minimum absolute atomic E-state index is 0.0725. The van der Waals surface area contributed by atoms with Crippen LogP contribution in [0.4, 0.5) is 14.9 Å². The number of carbonyl (C=O) groups is 1. The van der Waals surface area contributed by atoms with Crippen LogP contribution in [0.5, 0.6) is 0 Å². The number of fused-ring (bicyclic) bond motifs is 1. The second-order valence-electron chi connectivity index (χ2n) is 7.29. The minimum Gasteiger partial charge on any atom is -0.317 e. The number of carbonyl (C=O) groups excluding carboxylic acids is 1. The fourth-order valence-corrected chi connectivity index (χ4v) is 4.45. The molecule has 1 atom stereocenters. The molecule has 1 aliphatic heterocycles. The average molecular weight is 421 g/mol. The first kappa shape index (κ1) is 17.5.